The molecule has 1 heterocycles. The molecule has 0 radical (unpaired) electrons. The van der Waals surface area contributed by atoms with Gasteiger partial charge in [0.1, 0.15) is 4.88 Å². The van der Waals surface area contributed by atoms with Crippen molar-refractivity contribution in [2.75, 3.05) is 12.0 Å². The van der Waals surface area contributed by atoms with Gasteiger partial charge in [0.05, 0.1) is 12.8 Å². The number of rotatable bonds is 4. The highest BCUT2D eigenvalue weighted by atomic mass is 32.1. The van der Waals surface area contributed by atoms with Crippen molar-refractivity contribution in [1.29, 1.82) is 0 Å². The molecule has 104 valence electrons. The second-order valence-electron chi connectivity index (χ2n) is 4.87. The fraction of sp³-hybridized carbons (Fsp3) is 0.571. The predicted molar refractivity (Wildman–Crippen MR) is 75.8 cm³/mol. The lowest BCUT2D eigenvalue weighted by atomic mass is 9.94. The van der Waals surface area contributed by atoms with E-state index >= 15 is 0 Å². The fourth-order valence-electron chi connectivity index (χ4n) is 2.63. The summed E-state index contributed by atoms with van der Waals surface area (Å²) in [5.74, 6) is -0.365. The van der Waals surface area contributed by atoms with Crippen LogP contribution in [0.2, 0.25) is 0 Å². The van der Waals surface area contributed by atoms with Gasteiger partial charge in [-0.15, -0.1) is 11.3 Å². The lowest BCUT2D eigenvalue weighted by Gasteiger charge is -2.31. The molecule has 1 aliphatic carbocycles. The van der Waals surface area contributed by atoms with Crippen molar-refractivity contribution in [3.05, 3.63) is 15.8 Å². The Balaban J connectivity index is 2.31. The summed E-state index contributed by atoms with van der Waals surface area (Å²) >= 11 is 1.38. The molecule has 0 atom stereocenters. The minimum Gasteiger partial charge on any atom is -0.465 e. The van der Waals surface area contributed by atoms with Gasteiger partial charge < -0.3 is 9.64 Å². The Morgan fingerprint density at radius 1 is 1.42 bits per heavy atom. The van der Waals surface area contributed by atoms with Crippen molar-refractivity contribution in [2.24, 2.45) is 0 Å². The second-order valence-corrected chi connectivity index (χ2v) is 6.12. The number of ether oxygens (including phenoxy) is 1. The highest BCUT2D eigenvalue weighted by molar-refractivity contribution is 7.14. The van der Waals surface area contributed by atoms with Gasteiger partial charge in [-0.05, 0) is 25.8 Å². The van der Waals surface area contributed by atoms with Crippen molar-refractivity contribution in [1.82, 2.24) is 0 Å². The predicted octanol–water partition coefficient (Wildman–Crippen LogP) is 3.14. The van der Waals surface area contributed by atoms with Crippen LogP contribution in [0.5, 0.6) is 0 Å². The molecule has 0 bridgehead atoms. The normalized spacial score (nSPS) is 16.1. The average Bonchev–Trinajstić information content (AvgIpc) is 2.82. The first-order valence-corrected chi connectivity index (χ1v) is 7.41. The SMILES string of the molecule is COC(=O)c1sc(C)cc1N(C=O)C1CCCCC1. The van der Waals surface area contributed by atoms with E-state index in [0.29, 0.717) is 10.6 Å². The highest BCUT2D eigenvalue weighted by Gasteiger charge is 2.26. The van der Waals surface area contributed by atoms with Gasteiger partial charge in [0.15, 0.2) is 0 Å². The van der Waals surface area contributed by atoms with Crippen LogP contribution in [-0.4, -0.2) is 25.5 Å². The molecule has 5 heteroatoms. The first-order chi connectivity index (χ1) is 9.17. The molecule has 0 unspecified atom stereocenters. The van der Waals surface area contributed by atoms with E-state index in [1.165, 1.54) is 24.9 Å². The van der Waals surface area contributed by atoms with Crippen molar-refractivity contribution in [3.8, 4) is 0 Å². The Labute approximate surface area is 117 Å². The number of thiophene rings is 1. The third kappa shape index (κ3) is 2.97. The number of amides is 1. The standard InChI is InChI=1S/C14H19NO3S/c1-10-8-12(13(19-10)14(17)18-2)15(9-16)11-6-4-3-5-7-11/h8-9,11H,3-7H2,1-2H3. The summed E-state index contributed by atoms with van der Waals surface area (Å²) in [6.07, 6.45) is 6.39. The smallest absolute Gasteiger partial charge is 0.350 e. The minimum atomic E-state index is -0.365. The van der Waals surface area contributed by atoms with Crippen LogP contribution in [0.4, 0.5) is 5.69 Å². The number of methoxy groups -OCH3 is 1. The quantitative estimate of drug-likeness (QED) is 0.629. The van der Waals surface area contributed by atoms with Gasteiger partial charge in [-0.3, -0.25) is 4.79 Å². The van der Waals surface area contributed by atoms with Crippen molar-refractivity contribution < 1.29 is 14.3 Å². The van der Waals surface area contributed by atoms with E-state index in [-0.39, 0.29) is 12.0 Å². The maximum Gasteiger partial charge on any atom is 0.350 e. The molecule has 19 heavy (non-hydrogen) atoms. The van der Waals surface area contributed by atoms with Crippen LogP contribution in [0.3, 0.4) is 0 Å². The van der Waals surface area contributed by atoms with Gasteiger partial charge in [0.2, 0.25) is 6.41 Å². The Kier molecular flexibility index (Phi) is 4.58. The number of hydrogen-bond acceptors (Lipinski definition) is 4. The summed E-state index contributed by atoms with van der Waals surface area (Å²) in [6.45, 7) is 1.93. The molecular formula is C14H19NO3S. The number of carbonyl (C=O) groups is 2. The molecule has 1 saturated carbocycles. The number of anilines is 1. The number of aryl methyl sites for hydroxylation is 1. The van der Waals surface area contributed by atoms with E-state index in [1.807, 2.05) is 13.0 Å². The largest absolute Gasteiger partial charge is 0.465 e. The van der Waals surface area contributed by atoms with Crippen LogP contribution >= 0.6 is 11.3 Å². The zero-order valence-corrected chi connectivity index (χ0v) is 12.2. The van der Waals surface area contributed by atoms with Gasteiger partial charge in [0.25, 0.3) is 0 Å². The highest BCUT2D eigenvalue weighted by Crippen LogP contribution is 2.34. The molecular weight excluding hydrogens is 262 g/mol. The third-order valence-electron chi connectivity index (χ3n) is 3.57. The van der Waals surface area contributed by atoms with E-state index < -0.39 is 0 Å². The Bertz CT molecular complexity index is 463. The Hall–Kier alpha value is -1.36. The van der Waals surface area contributed by atoms with E-state index in [9.17, 15) is 9.59 Å². The van der Waals surface area contributed by atoms with Gasteiger partial charge >= 0.3 is 5.97 Å². The number of carbonyl (C=O) groups excluding carboxylic acids is 2. The zero-order chi connectivity index (χ0) is 13.8. The number of nitrogens with zero attached hydrogens (tertiary/aromatic N) is 1. The number of hydrogen-bond donors (Lipinski definition) is 0. The molecule has 0 aromatic carbocycles. The molecule has 0 N–H and O–H groups in total. The van der Waals surface area contributed by atoms with Crippen molar-refractivity contribution in [2.45, 2.75) is 45.1 Å². The molecule has 1 amide bonds. The lowest BCUT2D eigenvalue weighted by Crippen LogP contribution is -2.36. The number of esters is 1. The molecule has 4 nitrogen and oxygen atoms in total. The molecule has 2 rings (SSSR count). The van der Waals surface area contributed by atoms with Gasteiger partial charge in [-0.2, -0.15) is 0 Å². The molecule has 1 fully saturated rings. The lowest BCUT2D eigenvalue weighted by molar-refractivity contribution is -0.108. The molecule has 1 aliphatic rings. The monoisotopic (exact) mass is 281 g/mol. The van der Waals surface area contributed by atoms with Crippen LogP contribution in [-0.2, 0) is 9.53 Å². The topological polar surface area (TPSA) is 46.6 Å². The molecule has 0 spiro atoms. The van der Waals surface area contributed by atoms with Crippen LogP contribution in [0.15, 0.2) is 6.07 Å². The zero-order valence-electron chi connectivity index (χ0n) is 11.3. The molecule has 0 aliphatic heterocycles. The first-order valence-electron chi connectivity index (χ1n) is 6.59. The van der Waals surface area contributed by atoms with E-state index in [1.54, 1.807) is 4.90 Å². The Morgan fingerprint density at radius 2 is 2.11 bits per heavy atom. The molecule has 1 aromatic rings. The van der Waals surface area contributed by atoms with Crippen LogP contribution < -0.4 is 4.90 Å². The summed E-state index contributed by atoms with van der Waals surface area (Å²) < 4.78 is 4.80. The van der Waals surface area contributed by atoms with Gasteiger partial charge in [0, 0.05) is 10.9 Å². The van der Waals surface area contributed by atoms with Crippen molar-refractivity contribution >= 4 is 29.4 Å². The maximum absolute atomic E-state index is 11.8. The van der Waals surface area contributed by atoms with Gasteiger partial charge in [-0.25, -0.2) is 4.79 Å². The van der Waals surface area contributed by atoms with Crippen molar-refractivity contribution in [3.63, 3.8) is 0 Å². The van der Waals surface area contributed by atoms with E-state index in [4.69, 9.17) is 4.74 Å². The van der Waals surface area contributed by atoms with E-state index in [2.05, 4.69) is 0 Å². The summed E-state index contributed by atoms with van der Waals surface area (Å²) in [4.78, 5) is 26.5. The minimum absolute atomic E-state index is 0.212. The summed E-state index contributed by atoms with van der Waals surface area (Å²) in [6, 6.07) is 2.11. The first kappa shape index (κ1) is 14.1. The van der Waals surface area contributed by atoms with Crippen LogP contribution in [0, 0.1) is 6.92 Å². The molecule has 0 saturated heterocycles. The molecule has 1 aromatic heterocycles. The average molecular weight is 281 g/mol. The fourth-order valence-corrected chi connectivity index (χ4v) is 3.56. The summed E-state index contributed by atoms with van der Waals surface area (Å²) in [7, 11) is 1.37. The summed E-state index contributed by atoms with van der Waals surface area (Å²) in [5, 5.41) is 0. The summed E-state index contributed by atoms with van der Waals surface area (Å²) in [5.41, 5.74) is 0.705. The van der Waals surface area contributed by atoms with Gasteiger partial charge in [-0.1, -0.05) is 19.3 Å². The Morgan fingerprint density at radius 3 is 2.68 bits per heavy atom. The second kappa shape index (κ2) is 6.19. The van der Waals surface area contributed by atoms with E-state index in [0.717, 1.165) is 37.0 Å². The van der Waals surface area contributed by atoms with Crippen LogP contribution in [0.1, 0.15) is 46.7 Å². The third-order valence-corrected chi connectivity index (χ3v) is 4.59. The van der Waals surface area contributed by atoms with Crippen LogP contribution in [0.25, 0.3) is 0 Å². The maximum atomic E-state index is 11.8.